The molecule has 3 aromatic rings. The monoisotopic (exact) mass is 322 g/mol. The molecule has 2 aromatic carbocycles. The summed E-state index contributed by atoms with van der Waals surface area (Å²) in [5.41, 5.74) is 3.08. The summed E-state index contributed by atoms with van der Waals surface area (Å²) in [5, 5.41) is 12.5. The van der Waals surface area contributed by atoms with E-state index in [1.165, 1.54) is 0 Å². The molecule has 2 N–H and O–H groups in total. The first-order chi connectivity index (χ1) is 11.7. The molecule has 0 fully saturated rings. The minimum Gasteiger partial charge on any atom is -0.491 e. The van der Waals surface area contributed by atoms with Crippen LogP contribution in [-0.2, 0) is 0 Å². The lowest BCUT2D eigenvalue weighted by atomic mass is 10.1. The lowest BCUT2D eigenvalue weighted by Crippen LogP contribution is -2.11. The van der Waals surface area contributed by atoms with Crippen LogP contribution in [0.2, 0.25) is 0 Å². The second-order valence-corrected chi connectivity index (χ2v) is 5.41. The van der Waals surface area contributed by atoms with Crippen molar-refractivity contribution >= 4 is 22.5 Å². The van der Waals surface area contributed by atoms with Crippen molar-refractivity contribution in [3.63, 3.8) is 0 Å². The normalized spacial score (nSPS) is 10.6. The number of anilines is 1. The van der Waals surface area contributed by atoms with E-state index in [0.717, 1.165) is 16.6 Å². The highest BCUT2D eigenvalue weighted by Gasteiger charge is 2.08. The summed E-state index contributed by atoms with van der Waals surface area (Å²) >= 11 is 0. The van der Waals surface area contributed by atoms with Crippen LogP contribution >= 0.6 is 0 Å². The highest BCUT2D eigenvalue weighted by atomic mass is 16.5. The lowest BCUT2D eigenvalue weighted by Gasteiger charge is -2.08. The van der Waals surface area contributed by atoms with Gasteiger partial charge in [0.25, 0.3) is 5.91 Å². The van der Waals surface area contributed by atoms with Crippen LogP contribution in [0.5, 0.6) is 5.75 Å². The Labute approximate surface area is 139 Å². The number of ether oxygens (including phenoxy) is 1. The number of carbonyl (C=O) groups excluding carboxylic acids is 1. The number of fused-ring (bicyclic) bond motifs is 1. The average molecular weight is 322 g/mol. The Morgan fingerprint density at radius 3 is 2.67 bits per heavy atom. The van der Waals surface area contributed by atoms with Crippen molar-refractivity contribution in [3.8, 4) is 5.75 Å². The first kappa shape index (κ1) is 16.0. The maximum atomic E-state index is 12.4. The number of aromatic nitrogens is 1. The van der Waals surface area contributed by atoms with Gasteiger partial charge in [-0.25, -0.2) is 0 Å². The van der Waals surface area contributed by atoms with Crippen LogP contribution in [0.4, 0.5) is 5.69 Å². The number of carbonyl (C=O) groups is 1. The quantitative estimate of drug-likeness (QED) is 0.757. The van der Waals surface area contributed by atoms with Crippen LogP contribution in [0.1, 0.15) is 16.1 Å². The van der Waals surface area contributed by atoms with E-state index < -0.39 is 0 Å². The van der Waals surface area contributed by atoms with Crippen molar-refractivity contribution in [2.75, 3.05) is 18.5 Å². The third-order valence-corrected chi connectivity index (χ3v) is 3.56. The number of aryl methyl sites for hydroxylation is 1. The van der Waals surface area contributed by atoms with E-state index >= 15 is 0 Å². The zero-order valence-corrected chi connectivity index (χ0v) is 13.3. The molecule has 1 heterocycles. The Kier molecular flexibility index (Phi) is 4.72. The first-order valence-corrected chi connectivity index (χ1v) is 7.68. The van der Waals surface area contributed by atoms with Crippen LogP contribution in [0, 0.1) is 6.92 Å². The van der Waals surface area contributed by atoms with E-state index in [4.69, 9.17) is 9.84 Å². The molecule has 0 unspecified atom stereocenters. The standard InChI is InChI=1S/C19H18N2O3/c1-13-2-3-14-12-15(4-9-18(14)20-13)19(23)21-16-5-7-17(8-6-16)24-11-10-22/h2-9,12,22H,10-11H2,1H3,(H,21,23). The lowest BCUT2D eigenvalue weighted by molar-refractivity contribution is 0.102. The van der Waals surface area contributed by atoms with Gasteiger partial charge in [0.1, 0.15) is 12.4 Å². The summed E-state index contributed by atoms with van der Waals surface area (Å²) in [7, 11) is 0. The number of nitrogens with one attached hydrogen (secondary N) is 1. The molecule has 1 amide bonds. The number of aliphatic hydroxyl groups is 1. The Hall–Kier alpha value is -2.92. The second kappa shape index (κ2) is 7.10. The number of hydrogen-bond acceptors (Lipinski definition) is 4. The molecule has 0 aliphatic carbocycles. The van der Waals surface area contributed by atoms with Crippen LogP contribution in [0.25, 0.3) is 10.9 Å². The smallest absolute Gasteiger partial charge is 0.255 e. The van der Waals surface area contributed by atoms with E-state index in [-0.39, 0.29) is 19.1 Å². The fraction of sp³-hybridized carbons (Fsp3) is 0.158. The molecule has 0 aliphatic heterocycles. The van der Waals surface area contributed by atoms with Crippen molar-refractivity contribution in [2.24, 2.45) is 0 Å². The van der Waals surface area contributed by atoms with Gasteiger partial charge in [0.2, 0.25) is 0 Å². The fourth-order valence-corrected chi connectivity index (χ4v) is 2.37. The van der Waals surface area contributed by atoms with E-state index in [1.807, 2.05) is 31.2 Å². The number of rotatable bonds is 5. The molecule has 1 aromatic heterocycles. The number of aliphatic hydroxyl groups excluding tert-OH is 1. The highest BCUT2D eigenvalue weighted by Crippen LogP contribution is 2.18. The van der Waals surface area contributed by atoms with Gasteiger partial charge in [0, 0.05) is 22.3 Å². The zero-order valence-electron chi connectivity index (χ0n) is 13.3. The molecule has 24 heavy (non-hydrogen) atoms. The summed E-state index contributed by atoms with van der Waals surface area (Å²) in [6.07, 6.45) is 0. The van der Waals surface area contributed by atoms with Gasteiger partial charge >= 0.3 is 0 Å². The molecule has 0 atom stereocenters. The van der Waals surface area contributed by atoms with Crippen LogP contribution in [0.15, 0.2) is 54.6 Å². The topological polar surface area (TPSA) is 71.5 Å². The predicted octanol–water partition coefficient (Wildman–Crippen LogP) is 3.17. The van der Waals surface area contributed by atoms with Gasteiger partial charge in [0.05, 0.1) is 12.1 Å². The maximum Gasteiger partial charge on any atom is 0.255 e. The maximum absolute atomic E-state index is 12.4. The Morgan fingerprint density at radius 2 is 1.92 bits per heavy atom. The van der Waals surface area contributed by atoms with E-state index in [1.54, 1.807) is 30.3 Å². The van der Waals surface area contributed by atoms with Gasteiger partial charge < -0.3 is 15.2 Å². The molecule has 0 spiro atoms. The van der Waals surface area contributed by atoms with Gasteiger partial charge in [-0.3, -0.25) is 9.78 Å². The van der Waals surface area contributed by atoms with Crippen molar-refractivity contribution in [1.82, 2.24) is 4.98 Å². The molecule has 3 rings (SSSR count). The number of amides is 1. The Balaban J connectivity index is 1.73. The van der Waals surface area contributed by atoms with E-state index in [0.29, 0.717) is 17.0 Å². The van der Waals surface area contributed by atoms with Crippen molar-refractivity contribution < 1.29 is 14.6 Å². The van der Waals surface area contributed by atoms with Crippen LogP contribution < -0.4 is 10.1 Å². The molecule has 0 bridgehead atoms. The van der Waals surface area contributed by atoms with Gasteiger partial charge in [-0.15, -0.1) is 0 Å². The molecule has 0 radical (unpaired) electrons. The molecule has 0 aliphatic rings. The third-order valence-electron chi connectivity index (χ3n) is 3.56. The number of benzene rings is 2. The molecule has 5 nitrogen and oxygen atoms in total. The summed E-state index contributed by atoms with van der Waals surface area (Å²) in [6, 6.07) is 16.3. The fourth-order valence-electron chi connectivity index (χ4n) is 2.37. The summed E-state index contributed by atoms with van der Waals surface area (Å²) in [5.74, 6) is 0.468. The molecule has 0 saturated heterocycles. The van der Waals surface area contributed by atoms with Crippen molar-refractivity contribution in [3.05, 3.63) is 65.9 Å². The van der Waals surface area contributed by atoms with Gasteiger partial charge in [-0.2, -0.15) is 0 Å². The van der Waals surface area contributed by atoms with Crippen molar-refractivity contribution in [2.45, 2.75) is 6.92 Å². The minimum absolute atomic E-state index is 0.0329. The summed E-state index contributed by atoms with van der Waals surface area (Å²) < 4.78 is 5.29. The number of pyridine rings is 1. The van der Waals surface area contributed by atoms with Gasteiger partial charge in [-0.05, 0) is 55.5 Å². The highest BCUT2D eigenvalue weighted by molar-refractivity contribution is 6.06. The Bertz CT molecular complexity index is 860. The number of hydrogen-bond donors (Lipinski definition) is 2. The molecule has 122 valence electrons. The second-order valence-electron chi connectivity index (χ2n) is 5.41. The third kappa shape index (κ3) is 3.70. The predicted molar refractivity (Wildman–Crippen MR) is 93.5 cm³/mol. The Morgan fingerprint density at radius 1 is 1.12 bits per heavy atom. The van der Waals surface area contributed by atoms with Gasteiger partial charge in [0.15, 0.2) is 0 Å². The number of nitrogens with zero attached hydrogens (tertiary/aromatic N) is 1. The van der Waals surface area contributed by atoms with Crippen molar-refractivity contribution in [1.29, 1.82) is 0 Å². The molecule has 0 saturated carbocycles. The summed E-state index contributed by atoms with van der Waals surface area (Å²) in [6.45, 7) is 2.15. The molecular formula is C19H18N2O3. The molecular weight excluding hydrogens is 304 g/mol. The van der Waals surface area contributed by atoms with Crippen LogP contribution in [-0.4, -0.2) is 29.2 Å². The molecule has 5 heteroatoms. The summed E-state index contributed by atoms with van der Waals surface area (Å²) in [4.78, 5) is 16.8. The average Bonchev–Trinajstić information content (AvgIpc) is 2.60. The van der Waals surface area contributed by atoms with E-state index in [2.05, 4.69) is 10.3 Å². The van der Waals surface area contributed by atoms with Gasteiger partial charge in [-0.1, -0.05) is 6.07 Å². The first-order valence-electron chi connectivity index (χ1n) is 7.68. The largest absolute Gasteiger partial charge is 0.491 e. The SMILES string of the molecule is Cc1ccc2cc(C(=O)Nc3ccc(OCCO)cc3)ccc2n1. The minimum atomic E-state index is -0.179. The van der Waals surface area contributed by atoms with E-state index in [9.17, 15) is 4.79 Å². The van der Waals surface area contributed by atoms with Crippen LogP contribution in [0.3, 0.4) is 0 Å². The zero-order chi connectivity index (χ0) is 16.9.